The Labute approximate surface area is 424 Å². The Morgan fingerprint density at radius 3 is 1.53 bits per heavy atom. The van der Waals surface area contributed by atoms with Crippen molar-refractivity contribution in [3.05, 3.63) is 305 Å². The van der Waals surface area contributed by atoms with Gasteiger partial charge in [-0.2, -0.15) is 0 Å². The van der Waals surface area contributed by atoms with E-state index in [0.29, 0.717) is 0 Å². The largest absolute Gasteiger partial charge is 0.455 e. The van der Waals surface area contributed by atoms with Gasteiger partial charge in [0, 0.05) is 38.7 Å². The maximum Gasteiger partial charge on any atom is 0.140 e. The van der Waals surface area contributed by atoms with E-state index in [1.807, 2.05) is 0 Å². The lowest BCUT2D eigenvalue weighted by Gasteiger charge is -2.41. The minimum absolute atomic E-state index is 0.635. The lowest BCUT2D eigenvalue weighted by Crippen LogP contribution is -2.32. The van der Waals surface area contributed by atoms with Crippen molar-refractivity contribution in [3.63, 3.8) is 0 Å². The summed E-state index contributed by atoms with van der Waals surface area (Å²) in [5.74, 6) is 1.86. The van der Waals surface area contributed by atoms with Crippen LogP contribution in [0.1, 0.15) is 50.1 Å². The van der Waals surface area contributed by atoms with Gasteiger partial charge in [-0.1, -0.05) is 218 Å². The van der Waals surface area contributed by atoms with Gasteiger partial charge in [-0.3, -0.25) is 0 Å². The van der Waals surface area contributed by atoms with Gasteiger partial charge in [0.05, 0.1) is 22.2 Å². The summed E-state index contributed by atoms with van der Waals surface area (Å²) in [5.41, 5.74) is 22.9. The second-order valence-corrected chi connectivity index (χ2v) is 20.2. The molecule has 340 valence electrons. The molecule has 0 radical (unpaired) electrons. The van der Waals surface area contributed by atoms with Crippen molar-refractivity contribution in [2.24, 2.45) is 0 Å². The van der Waals surface area contributed by atoms with Gasteiger partial charge in [0.2, 0.25) is 0 Å². The molecule has 1 atom stereocenters. The zero-order valence-electron chi connectivity index (χ0n) is 40.1. The number of benzene rings is 12. The SMILES string of the molecule is Cc1cc2c(c3ccccc13)Oc1c3cc(c4ccccc14)-c1cccc(N(c4ccccc4)c4cccc5c4C(c4ccccc4)(c4ccccc4)c4ccccc4-5)c1-c1ccc4c(c1)C23c1ccccc1-4. The molecule has 12 aromatic carbocycles. The third kappa shape index (κ3) is 5.17. The summed E-state index contributed by atoms with van der Waals surface area (Å²) in [5, 5.41) is 4.61. The van der Waals surface area contributed by atoms with Crippen LogP contribution in [0.3, 0.4) is 0 Å². The van der Waals surface area contributed by atoms with Crippen LogP contribution in [0.4, 0.5) is 17.1 Å². The quantitative estimate of drug-likeness (QED) is 0.171. The van der Waals surface area contributed by atoms with Gasteiger partial charge in [-0.25, -0.2) is 0 Å². The highest BCUT2D eigenvalue weighted by Crippen LogP contribution is 2.67. The van der Waals surface area contributed by atoms with Gasteiger partial charge >= 0.3 is 0 Å². The number of fused-ring (bicyclic) bond motifs is 16. The average molecular weight is 928 g/mol. The monoisotopic (exact) mass is 927 g/mol. The van der Waals surface area contributed by atoms with Crippen molar-refractivity contribution in [3.8, 4) is 56.0 Å². The molecule has 73 heavy (non-hydrogen) atoms. The molecule has 4 bridgehead atoms. The summed E-state index contributed by atoms with van der Waals surface area (Å²) < 4.78 is 7.51. The molecule has 2 nitrogen and oxygen atoms in total. The smallest absolute Gasteiger partial charge is 0.140 e. The number of rotatable bonds is 5. The van der Waals surface area contributed by atoms with Gasteiger partial charge in [0.25, 0.3) is 0 Å². The fraction of sp³-hybridized carbons (Fsp3) is 0.0423. The normalized spacial score (nSPS) is 15.5. The summed E-state index contributed by atoms with van der Waals surface area (Å²) in [6.07, 6.45) is 0. The standard InChI is InChI=1S/C71H45NO/c1-44-41-62-68(56-31-13-11-27-49(44)56)73-69-57-32-14-12-28-50(57)58-43-63(69)71(62)60-36-18-15-29-51(60)53-40-39-45(42-61(53)71)66-54(58)33-19-37-64(66)72(48-25-9-4-10-26-48)65-38-20-34-55-52-30-16-17-35-59(52)70(67(55)65,46-21-5-2-6-22-46)47-23-7-3-8-24-47/h2-43H,1H3. The fourth-order valence-electron chi connectivity index (χ4n) is 14.0. The van der Waals surface area contributed by atoms with E-state index in [-0.39, 0.29) is 0 Å². The van der Waals surface area contributed by atoms with Crippen molar-refractivity contribution in [1.82, 2.24) is 0 Å². The Bertz CT molecular complexity index is 4270. The molecule has 16 rings (SSSR count). The Balaban J connectivity index is 1.06. The van der Waals surface area contributed by atoms with E-state index in [9.17, 15) is 0 Å². The van der Waals surface area contributed by atoms with Crippen molar-refractivity contribution < 1.29 is 4.74 Å². The van der Waals surface area contributed by atoms with Crippen LogP contribution in [0.15, 0.2) is 255 Å². The number of aryl methyl sites for hydroxylation is 1. The van der Waals surface area contributed by atoms with Crippen LogP contribution in [0.2, 0.25) is 0 Å². The lowest BCUT2D eigenvalue weighted by molar-refractivity contribution is 0.447. The molecule has 1 aliphatic heterocycles. The summed E-state index contributed by atoms with van der Waals surface area (Å²) in [4.78, 5) is 2.57. The number of para-hydroxylation sites is 1. The van der Waals surface area contributed by atoms with Crippen LogP contribution in [0.5, 0.6) is 11.5 Å². The molecule has 0 N–H and O–H groups in total. The van der Waals surface area contributed by atoms with E-state index in [1.165, 1.54) is 100.0 Å². The predicted molar refractivity (Wildman–Crippen MR) is 300 cm³/mol. The van der Waals surface area contributed by atoms with Crippen LogP contribution in [0.25, 0.3) is 66.1 Å². The lowest BCUT2D eigenvalue weighted by atomic mass is 9.64. The summed E-state index contributed by atoms with van der Waals surface area (Å²) in [6.45, 7) is 2.26. The van der Waals surface area contributed by atoms with Crippen LogP contribution in [-0.2, 0) is 10.8 Å². The molecule has 2 heteroatoms. The number of nitrogens with zero attached hydrogens (tertiary/aromatic N) is 1. The molecule has 0 aromatic heterocycles. The van der Waals surface area contributed by atoms with Gasteiger partial charge in [0.15, 0.2) is 0 Å². The van der Waals surface area contributed by atoms with E-state index < -0.39 is 10.8 Å². The average Bonchev–Trinajstić information content (AvgIpc) is 3.97. The highest BCUT2D eigenvalue weighted by molar-refractivity contribution is 6.11. The third-order valence-corrected chi connectivity index (χ3v) is 16.8. The molecule has 1 unspecified atom stereocenters. The van der Waals surface area contributed by atoms with Crippen LogP contribution >= 0.6 is 0 Å². The zero-order valence-corrected chi connectivity index (χ0v) is 40.1. The predicted octanol–water partition coefficient (Wildman–Crippen LogP) is 18.3. The van der Waals surface area contributed by atoms with E-state index in [1.54, 1.807) is 0 Å². The first-order valence-corrected chi connectivity index (χ1v) is 25.5. The molecule has 3 aliphatic carbocycles. The summed E-state index contributed by atoms with van der Waals surface area (Å²) in [6, 6.07) is 95.6. The molecule has 1 spiro atoms. The van der Waals surface area contributed by atoms with Gasteiger partial charge < -0.3 is 9.64 Å². The van der Waals surface area contributed by atoms with Crippen LogP contribution < -0.4 is 9.64 Å². The fourth-order valence-corrected chi connectivity index (χ4v) is 14.0. The first-order chi connectivity index (χ1) is 36.2. The van der Waals surface area contributed by atoms with Gasteiger partial charge in [-0.05, 0) is 126 Å². The maximum absolute atomic E-state index is 7.51. The Morgan fingerprint density at radius 1 is 0.329 bits per heavy atom. The molecule has 12 aromatic rings. The first kappa shape index (κ1) is 40.5. The molecule has 0 amide bonds. The van der Waals surface area contributed by atoms with E-state index in [0.717, 1.165) is 44.7 Å². The van der Waals surface area contributed by atoms with Crippen molar-refractivity contribution in [1.29, 1.82) is 0 Å². The van der Waals surface area contributed by atoms with Crippen molar-refractivity contribution in [2.75, 3.05) is 4.90 Å². The summed E-state index contributed by atoms with van der Waals surface area (Å²) in [7, 11) is 0. The van der Waals surface area contributed by atoms with E-state index >= 15 is 0 Å². The Morgan fingerprint density at radius 2 is 0.836 bits per heavy atom. The van der Waals surface area contributed by atoms with Crippen LogP contribution in [0, 0.1) is 6.92 Å². The maximum atomic E-state index is 7.51. The second kappa shape index (κ2) is 14.9. The number of hydrogen-bond donors (Lipinski definition) is 0. The molecular formula is C71H45NO. The molecule has 1 heterocycles. The topological polar surface area (TPSA) is 12.5 Å². The molecule has 0 saturated heterocycles. The zero-order chi connectivity index (χ0) is 48.0. The van der Waals surface area contributed by atoms with Crippen molar-refractivity contribution in [2.45, 2.75) is 17.8 Å². The minimum Gasteiger partial charge on any atom is -0.455 e. The van der Waals surface area contributed by atoms with Crippen molar-refractivity contribution >= 4 is 38.6 Å². The molecule has 0 fully saturated rings. The van der Waals surface area contributed by atoms with Gasteiger partial charge in [-0.15, -0.1) is 0 Å². The van der Waals surface area contributed by atoms with Gasteiger partial charge in [0.1, 0.15) is 11.5 Å². The molecule has 0 saturated carbocycles. The number of anilines is 3. The second-order valence-electron chi connectivity index (χ2n) is 20.2. The molecular weight excluding hydrogens is 883 g/mol. The first-order valence-electron chi connectivity index (χ1n) is 25.5. The Kier molecular flexibility index (Phi) is 8.26. The third-order valence-electron chi connectivity index (χ3n) is 16.8. The highest BCUT2D eigenvalue weighted by atomic mass is 16.5. The molecule has 4 aliphatic rings. The van der Waals surface area contributed by atoms with Crippen LogP contribution in [-0.4, -0.2) is 0 Å². The van der Waals surface area contributed by atoms with E-state index in [4.69, 9.17) is 4.74 Å². The van der Waals surface area contributed by atoms with E-state index in [2.05, 4.69) is 267 Å². The number of hydrogen-bond acceptors (Lipinski definition) is 2. The highest BCUT2D eigenvalue weighted by Gasteiger charge is 2.53. The number of ether oxygens (including phenoxy) is 1. The minimum atomic E-state index is -0.670. The summed E-state index contributed by atoms with van der Waals surface area (Å²) >= 11 is 0. The Hall–Kier alpha value is -9.24.